The van der Waals surface area contributed by atoms with Crippen molar-refractivity contribution >= 4 is 17.6 Å². The topological polar surface area (TPSA) is 80.3 Å². The molecule has 0 spiro atoms. The number of Topliss-reactive ketones (excluding diaryl/α,β-unsaturated/α-hetero) is 1. The first-order chi connectivity index (χ1) is 11.7. The van der Waals surface area contributed by atoms with Gasteiger partial charge in [-0.3, -0.25) is 15.1 Å². The highest BCUT2D eigenvalue weighted by molar-refractivity contribution is 6.03. The van der Waals surface area contributed by atoms with Crippen molar-refractivity contribution in [3.8, 4) is 0 Å². The first-order valence-electron chi connectivity index (χ1n) is 8.92. The molecule has 1 unspecified atom stereocenters. The predicted molar refractivity (Wildman–Crippen MR) is 98.1 cm³/mol. The van der Waals surface area contributed by atoms with Crippen LogP contribution in [0.1, 0.15) is 69.4 Å². The molecular formula is C19H29N3O3. The third-order valence-corrected chi connectivity index (χ3v) is 4.07. The van der Waals surface area contributed by atoms with Gasteiger partial charge in [-0.25, -0.2) is 4.79 Å². The van der Waals surface area contributed by atoms with Crippen LogP contribution in [0.25, 0.3) is 0 Å². The number of nitrogens with zero attached hydrogens (tertiary/aromatic N) is 1. The molecule has 1 aromatic heterocycles. The summed E-state index contributed by atoms with van der Waals surface area (Å²) in [7, 11) is 0. The number of ether oxygens (including phenoxy) is 1. The van der Waals surface area contributed by atoms with Crippen LogP contribution in [0.15, 0.2) is 12.3 Å². The molecule has 0 aliphatic carbocycles. The van der Waals surface area contributed by atoms with Gasteiger partial charge in [0.15, 0.2) is 5.78 Å². The predicted octanol–water partition coefficient (Wildman–Crippen LogP) is 3.73. The number of amides is 1. The molecule has 1 amide bonds. The fourth-order valence-electron chi connectivity index (χ4n) is 2.82. The Hall–Kier alpha value is -1.95. The number of piperidine rings is 1. The van der Waals surface area contributed by atoms with Crippen LogP contribution in [0.5, 0.6) is 0 Å². The number of anilines is 1. The van der Waals surface area contributed by atoms with Crippen LogP contribution in [0.3, 0.4) is 0 Å². The smallest absolute Gasteiger partial charge is 0.412 e. The van der Waals surface area contributed by atoms with E-state index < -0.39 is 11.7 Å². The molecule has 1 aliphatic heterocycles. The third kappa shape index (κ3) is 5.53. The lowest BCUT2D eigenvalue weighted by Crippen LogP contribution is -2.29. The van der Waals surface area contributed by atoms with Crippen molar-refractivity contribution in [1.82, 2.24) is 10.3 Å². The van der Waals surface area contributed by atoms with Gasteiger partial charge in [-0.15, -0.1) is 0 Å². The number of pyridine rings is 1. The average Bonchev–Trinajstić information content (AvgIpc) is 2.53. The highest BCUT2D eigenvalue weighted by Crippen LogP contribution is 2.27. The normalized spacial score (nSPS) is 18.1. The minimum absolute atomic E-state index is 0.0978. The first-order valence-corrected chi connectivity index (χ1v) is 8.92. The van der Waals surface area contributed by atoms with Crippen molar-refractivity contribution in [2.75, 3.05) is 18.4 Å². The zero-order valence-corrected chi connectivity index (χ0v) is 15.8. The summed E-state index contributed by atoms with van der Waals surface area (Å²) < 4.78 is 5.32. The summed E-state index contributed by atoms with van der Waals surface area (Å²) in [5, 5.41) is 6.09. The van der Waals surface area contributed by atoms with Crippen molar-refractivity contribution in [2.24, 2.45) is 5.92 Å². The van der Waals surface area contributed by atoms with Crippen LogP contribution in [-0.2, 0) is 4.74 Å². The van der Waals surface area contributed by atoms with E-state index in [4.69, 9.17) is 4.74 Å². The Morgan fingerprint density at radius 3 is 2.64 bits per heavy atom. The maximum Gasteiger partial charge on any atom is 0.412 e. The summed E-state index contributed by atoms with van der Waals surface area (Å²) in [6.07, 6.45) is 3.35. The molecule has 6 heteroatoms. The van der Waals surface area contributed by atoms with E-state index in [0.717, 1.165) is 31.5 Å². The van der Waals surface area contributed by atoms with Gasteiger partial charge in [-0.05, 0) is 57.7 Å². The first kappa shape index (κ1) is 19.4. The van der Waals surface area contributed by atoms with E-state index in [0.29, 0.717) is 11.6 Å². The van der Waals surface area contributed by atoms with Crippen LogP contribution in [-0.4, -0.2) is 35.6 Å². The Balaban J connectivity index is 2.30. The van der Waals surface area contributed by atoms with Crippen molar-refractivity contribution in [3.05, 3.63) is 23.5 Å². The molecule has 2 N–H and O–H groups in total. The van der Waals surface area contributed by atoms with E-state index in [-0.39, 0.29) is 17.4 Å². The monoisotopic (exact) mass is 347 g/mol. The molecule has 1 aromatic rings. The largest absolute Gasteiger partial charge is 0.444 e. The lowest BCUT2D eigenvalue weighted by molar-refractivity contribution is 0.0636. The lowest BCUT2D eigenvalue weighted by Gasteiger charge is -2.24. The lowest BCUT2D eigenvalue weighted by atomic mass is 9.92. The molecule has 25 heavy (non-hydrogen) atoms. The minimum atomic E-state index is -0.607. The second kappa shape index (κ2) is 7.95. The molecule has 1 atom stereocenters. The molecule has 0 bridgehead atoms. The number of ketones is 1. The number of hydrogen-bond acceptors (Lipinski definition) is 5. The Bertz CT molecular complexity index is 629. The van der Waals surface area contributed by atoms with Crippen LogP contribution in [0, 0.1) is 5.92 Å². The maximum absolute atomic E-state index is 12.5. The molecule has 0 saturated carbocycles. The van der Waals surface area contributed by atoms with Gasteiger partial charge in [0.25, 0.3) is 0 Å². The van der Waals surface area contributed by atoms with Crippen molar-refractivity contribution < 1.29 is 14.3 Å². The van der Waals surface area contributed by atoms with Gasteiger partial charge in [0, 0.05) is 18.7 Å². The van der Waals surface area contributed by atoms with Crippen molar-refractivity contribution in [1.29, 1.82) is 0 Å². The molecule has 2 heterocycles. The van der Waals surface area contributed by atoms with E-state index >= 15 is 0 Å². The quantitative estimate of drug-likeness (QED) is 0.811. The maximum atomic E-state index is 12.5. The molecule has 6 nitrogen and oxygen atoms in total. The number of nitrogens with one attached hydrogen (secondary N) is 2. The standard InChI is InChI=1S/C19H29N3O3/c1-12(2)17(23)16-15(22-18(24)25-19(3,4)5)9-14(11-21-16)13-7-6-8-20-10-13/h9,11-13,20H,6-8,10H2,1-5H3,(H,22,24). The Labute approximate surface area is 149 Å². The van der Waals surface area contributed by atoms with E-state index in [1.165, 1.54) is 0 Å². The molecule has 0 radical (unpaired) electrons. The second-order valence-electron chi connectivity index (χ2n) is 7.85. The third-order valence-electron chi connectivity index (χ3n) is 4.07. The highest BCUT2D eigenvalue weighted by atomic mass is 16.6. The molecular weight excluding hydrogens is 318 g/mol. The molecule has 1 saturated heterocycles. The van der Waals surface area contributed by atoms with E-state index in [2.05, 4.69) is 15.6 Å². The van der Waals surface area contributed by atoms with Gasteiger partial charge in [0.2, 0.25) is 0 Å². The Morgan fingerprint density at radius 1 is 1.36 bits per heavy atom. The van der Waals surface area contributed by atoms with Crippen molar-refractivity contribution in [2.45, 2.75) is 59.0 Å². The summed E-state index contributed by atoms with van der Waals surface area (Å²) in [5.41, 5.74) is 1.13. The summed E-state index contributed by atoms with van der Waals surface area (Å²) in [6.45, 7) is 10.9. The molecule has 138 valence electrons. The van der Waals surface area contributed by atoms with Gasteiger partial charge in [-0.2, -0.15) is 0 Å². The minimum Gasteiger partial charge on any atom is -0.444 e. The fourth-order valence-corrected chi connectivity index (χ4v) is 2.82. The SMILES string of the molecule is CC(C)C(=O)c1ncc(C2CCCNC2)cc1NC(=O)OC(C)(C)C. The number of carbonyl (C=O) groups excluding carboxylic acids is 2. The van der Waals surface area contributed by atoms with Crippen LogP contribution in [0.2, 0.25) is 0 Å². The Morgan fingerprint density at radius 2 is 2.08 bits per heavy atom. The number of rotatable bonds is 4. The molecule has 2 rings (SSSR count). The second-order valence-corrected chi connectivity index (χ2v) is 7.85. The highest BCUT2D eigenvalue weighted by Gasteiger charge is 2.23. The zero-order chi connectivity index (χ0) is 18.6. The van der Waals surface area contributed by atoms with Crippen LogP contribution >= 0.6 is 0 Å². The zero-order valence-electron chi connectivity index (χ0n) is 15.8. The van der Waals surface area contributed by atoms with Gasteiger partial charge in [0.1, 0.15) is 11.3 Å². The van der Waals surface area contributed by atoms with Crippen LogP contribution < -0.4 is 10.6 Å². The van der Waals surface area contributed by atoms with Gasteiger partial charge in [-0.1, -0.05) is 13.8 Å². The van der Waals surface area contributed by atoms with E-state index in [9.17, 15) is 9.59 Å². The van der Waals surface area contributed by atoms with Gasteiger partial charge < -0.3 is 10.1 Å². The van der Waals surface area contributed by atoms with E-state index in [1.54, 1.807) is 27.0 Å². The molecule has 1 fully saturated rings. The van der Waals surface area contributed by atoms with Gasteiger partial charge in [0.05, 0.1) is 5.69 Å². The summed E-state index contributed by atoms with van der Waals surface area (Å²) in [6, 6.07) is 1.87. The summed E-state index contributed by atoms with van der Waals surface area (Å²) in [4.78, 5) is 29.0. The number of hydrogen-bond donors (Lipinski definition) is 2. The Kier molecular flexibility index (Phi) is 6.16. The number of aromatic nitrogens is 1. The van der Waals surface area contributed by atoms with Gasteiger partial charge >= 0.3 is 6.09 Å². The molecule has 0 aromatic carbocycles. The van der Waals surface area contributed by atoms with E-state index in [1.807, 2.05) is 19.9 Å². The van der Waals surface area contributed by atoms with Crippen molar-refractivity contribution in [3.63, 3.8) is 0 Å². The summed E-state index contributed by atoms with van der Waals surface area (Å²) in [5.74, 6) is 0.0388. The van der Waals surface area contributed by atoms with Crippen LogP contribution in [0.4, 0.5) is 10.5 Å². The summed E-state index contributed by atoms with van der Waals surface area (Å²) >= 11 is 0. The average molecular weight is 347 g/mol. The fraction of sp³-hybridized carbons (Fsp3) is 0.632. The molecule has 1 aliphatic rings. The number of carbonyl (C=O) groups is 2.